The average Bonchev–Trinajstić information content (AvgIpc) is 2.82. The molecule has 4 unspecified atom stereocenters. The topological polar surface area (TPSA) is 21.6 Å². The van der Waals surface area contributed by atoms with Crippen LogP contribution in [-0.4, -0.2) is 19.0 Å². The fourth-order valence-electron chi connectivity index (χ4n) is 2.50. The largest absolute Gasteiger partial charge is 0.484 e. The molecule has 68 valence electrons. The van der Waals surface area contributed by atoms with E-state index in [2.05, 4.69) is 30.1 Å². The van der Waals surface area contributed by atoms with Crippen LogP contribution in [-0.2, 0) is 4.74 Å². The summed E-state index contributed by atoms with van der Waals surface area (Å²) in [7, 11) is 1.73. The summed E-state index contributed by atoms with van der Waals surface area (Å²) >= 11 is 0. The van der Waals surface area contributed by atoms with Gasteiger partial charge in [0, 0.05) is 5.92 Å². The fourth-order valence-corrected chi connectivity index (χ4v) is 2.50. The van der Waals surface area contributed by atoms with Crippen molar-refractivity contribution in [3.8, 4) is 0 Å². The molecule has 0 N–H and O–H groups in total. The second-order valence-electron chi connectivity index (χ2n) is 4.09. The summed E-state index contributed by atoms with van der Waals surface area (Å²) < 4.78 is 5.33. The van der Waals surface area contributed by atoms with E-state index in [1.54, 1.807) is 7.11 Å². The molecule has 1 saturated carbocycles. The minimum absolute atomic E-state index is 0.245. The van der Waals surface area contributed by atoms with Crippen LogP contribution >= 0.6 is 0 Å². The number of hydrogen-bond acceptors (Lipinski definition) is 2. The monoisotopic (exact) mass is 175 g/mol. The molecule has 2 heterocycles. The van der Waals surface area contributed by atoms with E-state index < -0.39 is 0 Å². The molecular formula is C11H13NO. The smallest absolute Gasteiger partial charge is 0.188 e. The third-order valence-electron chi connectivity index (χ3n) is 3.33. The SMILES string of the molecule is COC1=NC2C=CC3C(C=C2C)C13. The van der Waals surface area contributed by atoms with Crippen molar-refractivity contribution in [2.24, 2.45) is 22.7 Å². The van der Waals surface area contributed by atoms with Crippen molar-refractivity contribution < 1.29 is 4.74 Å². The van der Waals surface area contributed by atoms with Gasteiger partial charge in [0.1, 0.15) is 0 Å². The first-order valence-electron chi connectivity index (χ1n) is 4.79. The Balaban J connectivity index is 2.10. The zero-order valence-corrected chi connectivity index (χ0v) is 7.90. The standard InChI is InChI=1S/C11H13NO/c1-6-5-8-7-3-4-9(6)12-11(13-2)10(7)8/h3-5,7-10H,1-2H3. The van der Waals surface area contributed by atoms with Crippen LogP contribution in [0.3, 0.4) is 0 Å². The molecule has 0 aromatic rings. The van der Waals surface area contributed by atoms with E-state index in [1.165, 1.54) is 5.57 Å². The van der Waals surface area contributed by atoms with Crippen LogP contribution in [0.5, 0.6) is 0 Å². The van der Waals surface area contributed by atoms with Crippen LogP contribution in [0, 0.1) is 17.8 Å². The molecule has 2 nitrogen and oxygen atoms in total. The molecule has 4 atom stereocenters. The number of hydrogen-bond donors (Lipinski definition) is 0. The first kappa shape index (κ1) is 7.36. The number of ether oxygens (including phenoxy) is 1. The lowest BCUT2D eigenvalue weighted by Gasteiger charge is -2.07. The number of aliphatic imine (C=N–C) groups is 1. The highest BCUT2D eigenvalue weighted by Gasteiger charge is 2.53. The molecule has 1 fully saturated rings. The van der Waals surface area contributed by atoms with Gasteiger partial charge in [-0.1, -0.05) is 18.2 Å². The Labute approximate surface area is 78.0 Å². The van der Waals surface area contributed by atoms with Gasteiger partial charge >= 0.3 is 0 Å². The molecule has 4 bridgehead atoms. The van der Waals surface area contributed by atoms with Gasteiger partial charge in [-0.3, -0.25) is 0 Å². The summed E-state index contributed by atoms with van der Waals surface area (Å²) in [6.45, 7) is 2.16. The van der Waals surface area contributed by atoms with Gasteiger partial charge in [-0.2, -0.15) is 0 Å². The number of nitrogens with zero attached hydrogens (tertiary/aromatic N) is 1. The number of rotatable bonds is 0. The highest BCUT2D eigenvalue weighted by Crippen LogP contribution is 2.53. The lowest BCUT2D eigenvalue weighted by molar-refractivity contribution is 0.381. The first-order chi connectivity index (χ1) is 6.31. The third kappa shape index (κ3) is 0.859. The van der Waals surface area contributed by atoms with Crippen molar-refractivity contribution in [3.05, 3.63) is 23.8 Å². The summed E-state index contributed by atoms with van der Waals surface area (Å²) in [4.78, 5) is 4.60. The van der Waals surface area contributed by atoms with Crippen molar-refractivity contribution in [1.82, 2.24) is 0 Å². The normalized spacial score (nSPS) is 44.8. The summed E-state index contributed by atoms with van der Waals surface area (Å²) in [6.07, 6.45) is 6.89. The quantitative estimate of drug-likeness (QED) is 0.514. The van der Waals surface area contributed by atoms with Crippen LogP contribution < -0.4 is 0 Å². The molecular weight excluding hydrogens is 162 g/mol. The zero-order valence-electron chi connectivity index (χ0n) is 7.90. The predicted molar refractivity (Wildman–Crippen MR) is 51.6 cm³/mol. The molecule has 13 heavy (non-hydrogen) atoms. The molecule has 0 saturated heterocycles. The molecule has 4 aliphatic rings. The van der Waals surface area contributed by atoms with E-state index in [9.17, 15) is 0 Å². The maximum Gasteiger partial charge on any atom is 0.188 e. The van der Waals surface area contributed by atoms with Crippen molar-refractivity contribution in [2.75, 3.05) is 7.11 Å². The lowest BCUT2D eigenvalue weighted by atomic mass is 10.1. The van der Waals surface area contributed by atoms with Gasteiger partial charge in [-0.15, -0.1) is 0 Å². The molecule has 0 aromatic heterocycles. The fraction of sp³-hybridized carbons (Fsp3) is 0.545. The van der Waals surface area contributed by atoms with Crippen LogP contribution in [0.25, 0.3) is 0 Å². The van der Waals surface area contributed by atoms with Crippen molar-refractivity contribution in [2.45, 2.75) is 13.0 Å². The van der Waals surface area contributed by atoms with Gasteiger partial charge in [-0.25, -0.2) is 4.99 Å². The predicted octanol–water partition coefficient (Wildman–Crippen LogP) is 1.79. The van der Waals surface area contributed by atoms with E-state index in [0.717, 1.165) is 5.90 Å². The van der Waals surface area contributed by atoms with E-state index in [1.807, 2.05) is 0 Å². The molecule has 0 spiro atoms. The molecule has 2 aliphatic carbocycles. The highest BCUT2D eigenvalue weighted by atomic mass is 16.5. The van der Waals surface area contributed by atoms with E-state index in [0.29, 0.717) is 17.8 Å². The van der Waals surface area contributed by atoms with Crippen molar-refractivity contribution >= 4 is 5.90 Å². The summed E-state index contributed by atoms with van der Waals surface area (Å²) in [5, 5.41) is 0. The molecule has 2 heteroatoms. The maximum atomic E-state index is 5.33. The Hall–Kier alpha value is -1.05. The molecule has 0 aromatic carbocycles. The second-order valence-corrected chi connectivity index (χ2v) is 4.09. The van der Waals surface area contributed by atoms with Crippen molar-refractivity contribution in [1.29, 1.82) is 0 Å². The summed E-state index contributed by atoms with van der Waals surface area (Å²) in [6, 6.07) is 0.245. The minimum atomic E-state index is 0.245. The number of allylic oxidation sites excluding steroid dienone is 2. The average molecular weight is 175 g/mol. The van der Waals surface area contributed by atoms with Gasteiger partial charge in [-0.05, 0) is 24.3 Å². The maximum absolute atomic E-state index is 5.33. The Bertz CT molecular complexity index is 340. The Morgan fingerprint density at radius 3 is 2.92 bits per heavy atom. The Morgan fingerprint density at radius 2 is 2.15 bits per heavy atom. The highest BCUT2D eigenvalue weighted by molar-refractivity contribution is 5.85. The molecule has 0 amide bonds. The molecule has 0 radical (unpaired) electrons. The van der Waals surface area contributed by atoms with Crippen LogP contribution in [0.1, 0.15) is 6.92 Å². The first-order valence-corrected chi connectivity index (χ1v) is 4.79. The number of methoxy groups -OCH3 is 1. The van der Waals surface area contributed by atoms with E-state index in [4.69, 9.17) is 4.74 Å². The third-order valence-corrected chi connectivity index (χ3v) is 3.33. The summed E-state index contributed by atoms with van der Waals surface area (Å²) in [5.74, 6) is 2.84. The van der Waals surface area contributed by atoms with Gasteiger partial charge in [0.2, 0.25) is 0 Å². The lowest BCUT2D eigenvalue weighted by Crippen LogP contribution is -2.09. The van der Waals surface area contributed by atoms with Crippen molar-refractivity contribution in [3.63, 3.8) is 0 Å². The van der Waals surface area contributed by atoms with Gasteiger partial charge < -0.3 is 4.74 Å². The second kappa shape index (κ2) is 2.25. The van der Waals surface area contributed by atoms with Gasteiger partial charge in [0.25, 0.3) is 0 Å². The Kier molecular flexibility index (Phi) is 1.27. The van der Waals surface area contributed by atoms with Gasteiger partial charge in [0.05, 0.1) is 13.2 Å². The van der Waals surface area contributed by atoms with E-state index >= 15 is 0 Å². The zero-order chi connectivity index (χ0) is 9.00. The molecule has 4 rings (SSSR count). The van der Waals surface area contributed by atoms with Crippen LogP contribution in [0.4, 0.5) is 0 Å². The summed E-state index contributed by atoms with van der Waals surface area (Å²) in [5.41, 5.74) is 1.37. The Morgan fingerprint density at radius 1 is 1.31 bits per heavy atom. The minimum Gasteiger partial charge on any atom is -0.484 e. The van der Waals surface area contributed by atoms with Crippen LogP contribution in [0.2, 0.25) is 0 Å². The molecule has 2 aliphatic heterocycles. The van der Waals surface area contributed by atoms with Gasteiger partial charge in [0.15, 0.2) is 5.90 Å². The van der Waals surface area contributed by atoms with E-state index in [-0.39, 0.29) is 6.04 Å². The van der Waals surface area contributed by atoms with Crippen LogP contribution in [0.15, 0.2) is 28.8 Å².